The van der Waals surface area contributed by atoms with E-state index in [-0.39, 0.29) is 22.9 Å². The molecule has 0 unspecified atom stereocenters. The molecule has 0 atom stereocenters. The van der Waals surface area contributed by atoms with E-state index in [0.29, 0.717) is 34.4 Å². The molecule has 2 aromatic carbocycles. The third-order valence-electron chi connectivity index (χ3n) is 4.48. The molecule has 2 heterocycles. The van der Waals surface area contributed by atoms with Gasteiger partial charge in [0.1, 0.15) is 11.6 Å². The number of rotatable bonds is 3. The van der Waals surface area contributed by atoms with Crippen LogP contribution in [0.25, 0.3) is 16.6 Å². The largest absolute Gasteiger partial charge is 0.382 e. The number of terminal acetylenes is 1. The normalized spacial score (nSPS) is 10.2. The molecule has 0 fully saturated rings. The van der Waals surface area contributed by atoms with E-state index in [1.807, 2.05) is 6.92 Å². The monoisotopic (exact) mass is 430 g/mol. The second-order valence-corrected chi connectivity index (χ2v) is 6.50. The number of nitrogens with two attached hydrogens (primary N) is 2. The summed E-state index contributed by atoms with van der Waals surface area (Å²) < 4.78 is 14.6. The van der Waals surface area contributed by atoms with Crippen LogP contribution < -0.4 is 17.0 Å². The average molecular weight is 430 g/mol. The third kappa shape index (κ3) is 4.44. The molecule has 0 saturated carbocycles. The maximum atomic E-state index is 13.1. The zero-order valence-electron chi connectivity index (χ0n) is 17.1. The van der Waals surface area contributed by atoms with Crippen LogP contribution in [0.3, 0.4) is 0 Å². The van der Waals surface area contributed by atoms with Crippen LogP contribution in [0.5, 0.6) is 0 Å². The maximum Gasteiger partial charge on any atom is 0.271 e. The van der Waals surface area contributed by atoms with Gasteiger partial charge in [-0.3, -0.25) is 14.2 Å². The van der Waals surface area contributed by atoms with Crippen molar-refractivity contribution in [3.05, 3.63) is 88.1 Å². The number of anilines is 1. The number of hydrogen-bond donors (Lipinski definition) is 2. The van der Waals surface area contributed by atoms with E-state index in [0.717, 1.165) is 0 Å². The Morgan fingerprint density at radius 1 is 1.16 bits per heavy atom. The standard InChI is InChI=1S/C18H13FN2O.C5H6N4O/c1-3-12-6-5-7-15-17(12)18(22)21(16(4-2)20-15)14-10-8-13(19)9-11-14;6-4-3(5(7)10)8-1-2-9-4/h1,5-11H,4H2,2H3;1-2H,(H2,6,9)(H2,7,10). The van der Waals surface area contributed by atoms with Crippen LogP contribution in [0.4, 0.5) is 10.2 Å². The number of hydrogen-bond acceptors (Lipinski definition) is 6. The average Bonchev–Trinajstić information content (AvgIpc) is 2.79. The quantitative estimate of drug-likeness (QED) is 0.480. The summed E-state index contributed by atoms with van der Waals surface area (Å²) in [6.45, 7) is 1.92. The van der Waals surface area contributed by atoms with E-state index in [4.69, 9.17) is 17.9 Å². The molecule has 0 aliphatic rings. The molecule has 0 radical (unpaired) electrons. The van der Waals surface area contributed by atoms with Crippen molar-refractivity contribution in [2.45, 2.75) is 13.3 Å². The lowest BCUT2D eigenvalue weighted by atomic mass is 10.1. The summed E-state index contributed by atoms with van der Waals surface area (Å²) in [6, 6.07) is 11.0. The molecule has 160 valence electrons. The Morgan fingerprint density at radius 3 is 2.41 bits per heavy atom. The highest BCUT2D eigenvalue weighted by atomic mass is 19.1. The van der Waals surface area contributed by atoms with Gasteiger partial charge in [-0.1, -0.05) is 18.9 Å². The summed E-state index contributed by atoms with van der Waals surface area (Å²) in [5, 5.41) is 0.409. The summed E-state index contributed by atoms with van der Waals surface area (Å²) in [7, 11) is 0. The summed E-state index contributed by atoms with van der Waals surface area (Å²) in [6.07, 6.45) is 8.81. The molecule has 4 aromatic rings. The van der Waals surface area contributed by atoms with E-state index in [1.165, 1.54) is 29.1 Å². The lowest BCUT2D eigenvalue weighted by molar-refractivity contribution is 0.0996. The predicted octanol–water partition coefficient (Wildman–Crippen LogP) is 2.23. The van der Waals surface area contributed by atoms with Gasteiger partial charge in [0.05, 0.1) is 16.6 Å². The van der Waals surface area contributed by atoms with Crippen LogP contribution in [-0.4, -0.2) is 25.4 Å². The van der Waals surface area contributed by atoms with Crippen molar-refractivity contribution in [3.63, 3.8) is 0 Å². The van der Waals surface area contributed by atoms with Crippen LogP contribution in [0.15, 0.2) is 59.7 Å². The Labute approximate surface area is 182 Å². The van der Waals surface area contributed by atoms with E-state index < -0.39 is 5.91 Å². The number of carbonyl (C=O) groups excluding carboxylic acids is 1. The number of aryl methyl sites for hydroxylation is 1. The maximum absolute atomic E-state index is 13.1. The first kappa shape index (κ1) is 22.1. The molecule has 0 spiro atoms. The van der Waals surface area contributed by atoms with E-state index in [9.17, 15) is 14.0 Å². The molecule has 32 heavy (non-hydrogen) atoms. The fourth-order valence-electron chi connectivity index (χ4n) is 3.03. The Kier molecular flexibility index (Phi) is 6.56. The van der Waals surface area contributed by atoms with Crippen molar-refractivity contribution in [2.24, 2.45) is 5.73 Å². The van der Waals surface area contributed by atoms with Crippen molar-refractivity contribution in [3.8, 4) is 18.0 Å². The first-order valence-corrected chi connectivity index (χ1v) is 9.50. The van der Waals surface area contributed by atoms with Crippen LogP contribution in [0.1, 0.15) is 28.8 Å². The van der Waals surface area contributed by atoms with Crippen molar-refractivity contribution >= 4 is 22.6 Å². The summed E-state index contributed by atoms with van der Waals surface area (Å²) in [4.78, 5) is 35.1. The Morgan fingerprint density at radius 2 is 1.84 bits per heavy atom. The molecule has 0 saturated heterocycles. The number of nitrogen functional groups attached to an aromatic ring is 1. The number of benzene rings is 2. The van der Waals surface area contributed by atoms with Gasteiger partial charge in [-0.15, -0.1) is 6.42 Å². The molecule has 0 aliphatic heterocycles. The second kappa shape index (κ2) is 9.49. The molecule has 2 aromatic heterocycles. The van der Waals surface area contributed by atoms with Gasteiger partial charge >= 0.3 is 0 Å². The minimum atomic E-state index is -0.661. The minimum Gasteiger partial charge on any atom is -0.382 e. The van der Waals surface area contributed by atoms with E-state index in [1.54, 1.807) is 30.3 Å². The highest BCUT2D eigenvalue weighted by molar-refractivity contribution is 5.94. The van der Waals surface area contributed by atoms with Crippen LogP contribution >= 0.6 is 0 Å². The van der Waals surface area contributed by atoms with Crippen molar-refractivity contribution in [1.82, 2.24) is 19.5 Å². The van der Waals surface area contributed by atoms with Gasteiger partial charge in [-0.25, -0.2) is 19.3 Å². The Balaban J connectivity index is 0.000000243. The van der Waals surface area contributed by atoms with E-state index >= 15 is 0 Å². The molecule has 4 N–H and O–H groups in total. The lowest BCUT2D eigenvalue weighted by Gasteiger charge is -2.13. The zero-order chi connectivity index (χ0) is 23.3. The fraction of sp³-hybridized carbons (Fsp3) is 0.0870. The van der Waals surface area contributed by atoms with Gasteiger partial charge in [-0.2, -0.15) is 0 Å². The number of fused-ring (bicyclic) bond motifs is 1. The molecular formula is C23H19FN6O2. The number of halogens is 1. The summed E-state index contributed by atoms with van der Waals surface area (Å²) in [5.74, 6) is 2.18. The SMILES string of the molecule is C#Cc1cccc2nc(CC)n(-c3ccc(F)cc3)c(=O)c12.NC(=O)c1nccnc1N. The topological polar surface area (TPSA) is 130 Å². The van der Waals surface area contributed by atoms with Gasteiger partial charge in [0.2, 0.25) is 0 Å². The summed E-state index contributed by atoms with van der Waals surface area (Å²) in [5.41, 5.74) is 11.6. The van der Waals surface area contributed by atoms with E-state index in [2.05, 4.69) is 20.9 Å². The van der Waals surface area contributed by atoms with Gasteiger partial charge in [0.15, 0.2) is 11.5 Å². The highest BCUT2D eigenvalue weighted by Gasteiger charge is 2.13. The third-order valence-corrected chi connectivity index (χ3v) is 4.48. The highest BCUT2D eigenvalue weighted by Crippen LogP contribution is 2.16. The number of aromatic nitrogens is 4. The van der Waals surface area contributed by atoms with Gasteiger partial charge in [0.25, 0.3) is 11.5 Å². The van der Waals surface area contributed by atoms with Gasteiger partial charge < -0.3 is 11.5 Å². The summed E-state index contributed by atoms with van der Waals surface area (Å²) >= 11 is 0. The molecular weight excluding hydrogens is 411 g/mol. The molecule has 1 amide bonds. The number of nitrogens with zero attached hydrogens (tertiary/aromatic N) is 4. The smallest absolute Gasteiger partial charge is 0.271 e. The molecule has 8 nitrogen and oxygen atoms in total. The minimum absolute atomic E-state index is 0.0162. The fourth-order valence-corrected chi connectivity index (χ4v) is 3.03. The lowest BCUT2D eigenvalue weighted by Crippen LogP contribution is -2.24. The molecule has 9 heteroatoms. The first-order valence-electron chi connectivity index (χ1n) is 9.50. The van der Waals surface area contributed by atoms with Crippen molar-refractivity contribution in [2.75, 3.05) is 5.73 Å². The Hall–Kier alpha value is -4.58. The van der Waals surface area contributed by atoms with Gasteiger partial charge in [-0.05, 0) is 36.4 Å². The number of amides is 1. The molecule has 0 bridgehead atoms. The molecule has 4 rings (SSSR count). The van der Waals surface area contributed by atoms with Gasteiger partial charge in [0, 0.05) is 24.4 Å². The number of primary amides is 1. The Bertz CT molecular complexity index is 1390. The second-order valence-electron chi connectivity index (χ2n) is 6.50. The predicted molar refractivity (Wildman–Crippen MR) is 120 cm³/mol. The van der Waals surface area contributed by atoms with Crippen molar-refractivity contribution < 1.29 is 9.18 Å². The van der Waals surface area contributed by atoms with Crippen LogP contribution in [0, 0.1) is 18.2 Å². The first-order chi connectivity index (χ1) is 15.4. The molecule has 0 aliphatic carbocycles. The van der Waals surface area contributed by atoms with Crippen LogP contribution in [0.2, 0.25) is 0 Å². The van der Waals surface area contributed by atoms with Crippen LogP contribution in [-0.2, 0) is 6.42 Å². The number of carbonyl (C=O) groups is 1. The van der Waals surface area contributed by atoms with Crippen molar-refractivity contribution in [1.29, 1.82) is 0 Å². The zero-order valence-corrected chi connectivity index (χ0v) is 17.1.